The second-order valence-electron chi connectivity index (χ2n) is 3.62. The number of aromatic amines is 1. The first-order valence-corrected chi connectivity index (χ1v) is 7.10. The zero-order valence-corrected chi connectivity index (χ0v) is 11.2. The van der Waals surface area contributed by atoms with E-state index >= 15 is 0 Å². The van der Waals surface area contributed by atoms with E-state index in [4.69, 9.17) is 17.3 Å². The fourth-order valence-corrected chi connectivity index (χ4v) is 2.55. The van der Waals surface area contributed by atoms with Crippen molar-refractivity contribution < 1.29 is 8.42 Å². The topological polar surface area (TPSA) is 127 Å². The quantitative estimate of drug-likeness (QED) is 0.711. The number of pyridine rings is 1. The molecule has 0 amide bonds. The van der Waals surface area contributed by atoms with Crippen molar-refractivity contribution in [3.63, 3.8) is 0 Å². The van der Waals surface area contributed by atoms with Crippen LogP contribution in [0.25, 0.3) is 0 Å². The van der Waals surface area contributed by atoms with E-state index in [2.05, 4.69) is 24.9 Å². The minimum Gasteiger partial charge on any atom is -0.382 e. The fraction of sp³-hybridized carbons (Fsp3) is 0.222. The molecule has 2 aromatic rings. The van der Waals surface area contributed by atoms with Crippen molar-refractivity contribution in [1.29, 1.82) is 0 Å². The molecule has 0 bridgehead atoms. The van der Waals surface area contributed by atoms with Crippen molar-refractivity contribution in [2.45, 2.75) is 11.3 Å². The van der Waals surface area contributed by atoms with Gasteiger partial charge in [-0.2, -0.15) is 5.10 Å². The maximum absolute atomic E-state index is 11.9. The second-order valence-corrected chi connectivity index (χ2v) is 5.79. The molecule has 2 aromatic heterocycles. The van der Waals surface area contributed by atoms with Crippen LogP contribution in [0.1, 0.15) is 5.82 Å². The van der Waals surface area contributed by atoms with Crippen molar-refractivity contribution >= 4 is 27.4 Å². The molecule has 0 aliphatic carbocycles. The summed E-state index contributed by atoms with van der Waals surface area (Å²) in [5.74, 6) is 0.679. The van der Waals surface area contributed by atoms with E-state index in [1.807, 2.05) is 0 Å². The van der Waals surface area contributed by atoms with Gasteiger partial charge in [0.15, 0.2) is 0 Å². The van der Waals surface area contributed by atoms with Crippen LogP contribution in [0.3, 0.4) is 0 Å². The Morgan fingerprint density at radius 3 is 2.84 bits per heavy atom. The van der Waals surface area contributed by atoms with E-state index in [9.17, 15) is 8.42 Å². The lowest BCUT2D eigenvalue weighted by atomic mass is 10.4. The number of hydrogen-bond acceptors (Lipinski definition) is 6. The first-order valence-electron chi connectivity index (χ1n) is 5.24. The van der Waals surface area contributed by atoms with E-state index in [-0.39, 0.29) is 22.3 Å². The third-order valence-electron chi connectivity index (χ3n) is 2.27. The van der Waals surface area contributed by atoms with Crippen LogP contribution in [0.5, 0.6) is 0 Å². The van der Waals surface area contributed by atoms with Gasteiger partial charge in [-0.1, -0.05) is 11.6 Å². The summed E-state index contributed by atoms with van der Waals surface area (Å²) < 4.78 is 26.3. The average Bonchev–Trinajstić information content (AvgIpc) is 2.85. The maximum atomic E-state index is 11.9. The minimum absolute atomic E-state index is 0.0377. The van der Waals surface area contributed by atoms with Gasteiger partial charge >= 0.3 is 0 Å². The minimum atomic E-state index is -3.67. The summed E-state index contributed by atoms with van der Waals surface area (Å²) >= 11 is 5.73. The van der Waals surface area contributed by atoms with Gasteiger partial charge in [0.25, 0.3) is 0 Å². The van der Waals surface area contributed by atoms with Gasteiger partial charge < -0.3 is 5.73 Å². The molecule has 0 saturated heterocycles. The van der Waals surface area contributed by atoms with E-state index < -0.39 is 10.0 Å². The summed E-state index contributed by atoms with van der Waals surface area (Å²) in [6, 6.07) is 1.25. The van der Waals surface area contributed by atoms with Crippen LogP contribution in [0.2, 0.25) is 5.02 Å². The molecule has 0 fully saturated rings. The Balaban J connectivity index is 2.03. The van der Waals surface area contributed by atoms with Gasteiger partial charge in [0.1, 0.15) is 22.9 Å². The molecule has 0 radical (unpaired) electrons. The monoisotopic (exact) mass is 302 g/mol. The predicted molar refractivity (Wildman–Crippen MR) is 68.9 cm³/mol. The number of H-pyrrole nitrogens is 1. The number of sulfonamides is 1. The SMILES string of the molecule is Nc1ncc(S(=O)(=O)NCCc2ncn[nH]2)cc1Cl. The number of anilines is 1. The molecule has 0 aromatic carbocycles. The Hall–Kier alpha value is -1.71. The molecule has 8 nitrogen and oxygen atoms in total. The Kier molecular flexibility index (Phi) is 3.98. The Morgan fingerprint density at radius 2 is 2.21 bits per heavy atom. The Labute approximate surface area is 114 Å². The van der Waals surface area contributed by atoms with Crippen molar-refractivity contribution in [3.8, 4) is 0 Å². The third kappa shape index (κ3) is 3.40. The second kappa shape index (κ2) is 5.51. The molecule has 102 valence electrons. The first-order chi connectivity index (χ1) is 8.99. The number of halogens is 1. The van der Waals surface area contributed by atoms with Crippen LogP contribution < -0.4 is 10.5 Å². The summed E-state index contributed by atoms with van der Waals surface area (Å²) in [5, 5.41) is 6.39. The van der Waals surface area contributed by atoms with Crippen molar-refractivity contribution in [3.05, 3.63) is 29.4 Å². The van der Waals surface area contributed by atoms with Gasteiger partial charge in [-0.05, 0) is 6.07 Å². The lowest BCUT2D eigenvalue weighted by molar-refractivity contribution is 0.580. The van der Waals surface area contributed by atoms with Gasteiger partial charge in [-0.3, -0.25) is 5.10 Å². The number of aromatic nitrogens is 4. The summed E-state index contributed by atoms with van der Waals surface area (Å²) in [4.78, 5) is 7.55. The highest BCUT2D eigenvalue weighted by Crippen LogP contribution is 2.19. The van der Waals surface area contributed by atoms with Crippen LogP contribution in [-0.4, -0.2) is 35.1 Å². The normalized spacial score (nSPS) is 11.6. The molecule has 2 rings (SSSR count). The van der Waals surface area contributed by atoms with Gasteiger partial charge in [0.2, 0.25) is 10.0 Å². The molecular weight excluding hydrogens is 292 g/mol. The molecule has 0 spiro atoms. The average molecular weight is 303 g/mol. The van der Waals surface area contributed by atoms with Crippen molar-refractivity contribution in [1.82, 2.24) is 24.9 Å². The molecule has 19 heavy (non-hydrogen) atoms. The highest BCUT2D eigenvalue weighted by molar-refractivity contribution is 7.89. The van der Waals surface area contributed by atoms with Crippen molar-refractivity contribution in [2.24, 2.45) is 0 Å². The standard InChI is InChI=1S/C9H11ClN6O2S/c10-7-3-6(4-12-9(7)11)19(17,18)15-2-1-8-13-5-14-16-8/h3-5,15H,1-2H2,(H2,11,12)(H,13,14,16). The molecule has 4 N–H and O–H groups in total. The Bertz CT molecular complexity index is 657. The van der Waals surface area contributed by atoms with Crippen LogP contribution in [0.15, 0.2) is 23.5 Å². The highest BCUT2D eigenvalue weighted by atomic mass is 35.5. The predicted octanol–water partition coefficient (Wildman–Crippen LogP) is -0.0437. The molecule has 0 aliphatic rings. The molecule has 0 saturated carbocycles. The van der Waals surface area contributed by atoms with Gasteiger partial charge in [0.05, 0.1) is 5.02 Å². The number of nitrogen functional groups attached to an aromatic ring is 1. The summed E-state index contributed by atoms with van der Waals surface area (Å²) in [5.41, 5.74) is 5.42. The molecule has 0 atom stereocenters. The number of hydrogen-bond donors (Lipinski definition) is 3. The van der Waals surface area contributed by atoms with Gasteiger partial charge in [-0.15, -0.1) is 0 Å². The molecule has 0 unspecified atom stereocenters. The lowest BCUT2D eigenvalue weighted by Gasteiger charge is -2.06. The van der Waals surface area contributed by atoms with Crippen LogP contribution in [0.4, 0.5) is 5.82 Å². The number of nitrogens with zero attached hydrogens (tertiary/aromatic N) is 3. The number of rotatable bonds is 5. The smallest absolute Gasteiger partial charge is 0.242 e. The fourth-order valence-electron chi connectivity index (χ4n) is 1.32. The number of nitrogens with one attached hydrogen (secondary N) is 2. The maximum Gasteiger partial charge on any atom is 0.242 e. The van der Waals surface area contributed by atoms with Crippen LogP contribution in [0, 0.1) is 0 Å². The molecule has 2 heterocycles. The molecule has 10 heteroatoms. The first kappa shape index (κ1) is 13.7. The molecular formula is C9H11ClN6O2S. The van der Waals surface area contributed by atoms with Crippen LogP contribution in [-0.2, 0) is 16.4 Å². The molecule has 0 aliphatic heterocycles. The van der Waals surface area contributed by atoms with E-state index in [0.717, 1.165) is 6.20 Å². The summed E-state index contributed by atoms with van der Waals surface area (Å²) in [7, 11) is -3.67. The summed E-state index contributed by atoms with van der Waals surface area (Å²) in [6.45, 7) is 0.180. The summed E-state index contributed by atoms with van der Waals surface area (Å²) in [6.07, 6.45) is 2.90. The van der Waals surface area contributed by atoms with Crippen LogP contribution >= 0.6 is 11.6 Å². The third-order valence-corrected chi connectivity index (χ3v) is 4.00. The van der Waals surface area contributed by atoms with E-state index in [1.165, 1.54) is 12.4 Å². The number of nitrogens with two attached hydrogens (primary N) is 1. The zero-order chi connectivity index (χ0) is 13.9. The largest absolute Gasteiger partial charge is 0.382 e. The Morgan fingerprint density at radius 1 is 1.42 bits per heavy atom. The van der Waals surface area contributed by atoms with Gasteiger partial charge in [-0.25, -0.2) is 23.1 Å². The zero-order valence-electron chi connectivity index (χ0n) is 9.67. The van der Waals surface area contributed by atoms with E-state index in [1.54, 1.807) is 0 Å². The lowest BCUT2D eigenvalue weighted by Crippen LogP contribution is -2.26. The highest BCUT2D eigenvalue weighted by Gasteiger charge is 2.15. The van der Waals surface area contributed by atoms with E-state index in [0.29, 0.717) is 12.2 Å². The van der Waals surface area contributed by atoms with Crippen molar-refractivity contribution in [2.75, 3.05) is 12.3 Å². The van der Waals surface area contributed by atoms with Gasteiger partial charge in [0, 0.05) is 19.2 Å².